The van der Waals surface area contributed by atoms with Gasteiger partial charge in [0.1, 0.15) is 5.75 Å². The van der Waals surface area contributed by atoms with Gasteiger partial charge in [0.25, 0.3) is 5.91 Å². The van der Waals surface area contributed by atoms with Crippen molar-refractivity contribution in [3.05, 3.63) is 41.5 Å². The van der Waals surface area contributed by atoms with Gasteiger partial charge < -0.3 is 19.9 Å². The van der Waals surface area contributed by atoms with E-state index < -0.39 is 0 Å². The molecule has 2 heterocycles. The van der Waals surface area contributed by atoms with E-state index in [-0.39, 0.29) is 18.6 Å². The maximum absolute atomic E-state index is 12.7. The van der Waals surface area contributed by atoms with Crippen molar-refractivity contribution in [3.8, 4) is 5.75 Å². The Hall–Kier alpha value is -2.41. The van der Waals surface area contributed by atoms with Gasteiger partial charge in [-0.05, 0) is 49.9 Å². The van der Waals surface area contributed by atoms with E-state index in [1.54, 1.807) is 24.3 Å². The van der Waals surface area contributed by atoms with Crippen LogP contribution in [-0.2, 0) is 13.0 Å². The molecule has 1 aromatic carbocycles. The maximum atomic E-state index is 12.7. The molecule has 1 aromatic heterocycles. The second-order valence-electron chi connectivity index (χ2n) is 6.78. The predicted molar refractivity (Wildman–Crippen MR) is 96.7 cm³/mol. The Balaban J connectivity index is 1.57. The van der Waals surface area contributed by atoms with Crippen LogP contribution in [0.5, 0.6) is 5.75 Å². The largest absolute Gasteiger partial charge is 0.485 e. The maximum Gasteiger partial charge on any atom is 0.253 e. The minimum atomic E-state index is 0.0488. The van der Waals surface area contributed by atoms with Gasteiger partial charge in [-0.2, -0.15) is 4.98 Å². The lowest BCUT2D eigenvalue weighted by Gasteiger charge is -2.34. The molecule has 3 rings (SSSR count). The van der Waals surface area contributed by atoms with Gasteiger partial charge >= 0.3 is 0 Å². The van der Waals surface area contributed by atoms with Crippen LogP contribution in [0.25, 0.3) is 0 Å². The quantitative estimate of drug-likeness (QED) is 0.852. The van der Waals surface area contributed by atoms with E-state index in [2.05, 4.69) is 10.1 Å². The van der Waals surface area contributed by atoms with Gasteiger partial charge in [-0.25, -0.2) is 0 Å². The van der Waals surface area contributed by atoms with Crippen molar-refractivity contribution in [1.82, 2.24) is 15.0 Å². The molecule has 0 saturated carbocycles. The molecule has 7 heteroatoms. The molecule has 1 saturated heterocycles. The third kappa shape index (κ3) is 4.40. The molecule has 2 unspecified atom stereocenters. The van der Waals surface area contributed by atoms with Crippen LogP contribution < -0.4 is 10.5 Å². The molecule has 2 atom stereocenters. The molecule has 1 fully saturated rings. The average molecular weight is 358 g/mol. The van der Waals surface area contributed by atoms with Crippen molar-refractivity contribution in [2.24, 2.45) is 11.7 Å². The summed E-state index contributed by atoms with van der Waals surface area (Å²) in [5.74, 6) is 2.19. The van der Waals surface area contributed by atoms with Crippen molar-refractivity contribution in [3.63, 3.8) is 0 Å². The summed E-state index contributed by atoms with van der Waals surface area (Å²) >= 11 is 0. The van der Waals surface area contributed by atoms with Gasteiger partial charge in [-0.1, -0.05) is 12.1 Å². The Morgan fingerprint density at radius 1 is 1.42 bits per heavy atom. The van der Waals surface area contributed by atoms with Crippen molar-refractivity contribution < 1.29 is 14.1 Å². The first-order valence-electron chi connectivity index (χ1n) is 9.16. The second kappa shape index (κ2) is 8.31. The van der Waals surface area contributed by atoms with E-state index >= 15 is 0 Å². The lowest BCUT2D eigenvalue weighted by molar-refractivity contribution is 0.0661. The fourth-order valence-corrected chi connectivity index (χ4v) is 3.14. The summed E-state index contributed by atoms with van der Waals surface area (Å²) < 4.78 is 10.7. The SMILES string of the molecule is CCc1nc(COc2ccc(C(=O)N3CCCC(C(C)N)C3)cc2)no1. The molecular formula is C19H26N4O3. The predicted octanol–water partition coefficient (Wildman–Crippen LogP) is 2.41. The molecule has 1 amide bonds. The third-order valence-electron chi connectivity index (χ3n) is 4.77. The zero-order chi connectivity index (χ0) is 18.5. The number of likely N-dealkylation sites (tertiary alicyclic amines) is 1. The molecule has 0 spiro atoms. The highest BCUT2D eigenvalue weighted by Gasteiger charge is 2.26. The van der Waals surface area contributed by atoms with Gasteiger partial charge in [-0.15, -0.1) is 0 Å². The van der Waals surface area contributed by atoms with Crippen molar-refractivity contribution in [2.75, 3.05) is 13.1 Å². The van der Waals surface area contributed by atoms with E-state index in [1.807, 2.05) is 18.7 Å². The highest BCUT2D eigenvalue weighted by atomic mass is 16.5. The van der Waals surface area contributed by atoms with Crippen molar-refractivity contribution in [1.29, 1.82) is 0 Å². The van der Waals surface area contributed by atoms with Crippen LogP contribution in [0.4, 0.5) is 0 Å². The molecule has 7 nitrogen and oxygen atoms in total. The summed E-state index contributed by atoms with van der Waals surface area (Å²) in [7, 11) is 0. The van der Waals surface area contributed by atoms with E-state index in [9.17, 15) is 4.79 Å². The Bertz CT molecular complexity index is 727. The number of hydrogen-bond acceptors (Lipinski definition) is 6. The fourth-order valence-electron chi connectivity index (χ4n) is 3.14. The van der Waals surface area contributed by atoms with Crippen LogP contribution in [0.15, 0.2) is 28.8 Å². The molecule has 1 aliphatic rings. The molecule has 2 aromatic rings. The van der Waals surface area contributed by atoms with Crippen LogP contribution in [0.3, 0.4) is 0 Å². The number of piperidine rings is 1. The number of carbonyl (C=O) groups is 1. The molecule has 0 bridgehead atoms. The Morgan fingerprint density at radius 3 is 2.85 bits per heavy atom. The molecule has 1 aliphatic heterocycles. The zero-order valence-corrected chi connectivity index (χ0v) is 15.4. The molecule has 26 heavy (non-hydrogen) atoms. The van der Waals surface area contributed by atoms with Crippen LogP contribution >= 0.6 is 0 Å². The normalized spacial score (nSPS) is 18.6. The number of ether oxygens (including phenoxy) is 1. The Morgan fingerprint density at radius 2 is 2.19 bits per heavy atom. The number of carbonyl (C=O) groups excluding carboxylic acids is 1. The van der Waals surface area contributed by atoms with Crippen LogP contribution in [-0.4, -0.2) is 40.1 Å². The second-order valence-corrected chi connectivity index (χ2v) is 6.78. The summed E-state index contributed by atoms with van der Waals surface area (Å²) in [6, 6.07) is 7.28. The Kier molecular flexibility index (Phi) is 5.88. The lowest BCUT2D eigenvalue weighted by Crippen LogP contribution is -2.45. The van der Waals surface area contributed by atoms with Gasteiger partial charge in [0.05, 0.1) is 0 Å². The van der Waals surface area contributed by atoms with Gasteiger partial charge in [0.15, 0.2) is 6.61 Å². The first kappa shape index (κ1) is 18.4. The number of aromatic nitrogens is 2. The number of benzene rings is 1. The number of aryl methyl sites for hydroxylation is 1. The average Bonchev–Trinajstić information content (AvgIpc) is 3.14. The number of nitrogens with two attached hydrogens (primary N) is 1. The molecule has 0 aliphatic carbocycles. The van der Waals surface area contributed by atoms with E-state index in [1.165, 1.54) is 0 Å². The highest BCUT2D eigenvalue weighted by molar-refractivity contribution is 5.94. The zero-order valence-electron chi connectivity index (χ0n) is 15.4. The molecular weight excluding hydrogens is 332 g/mol. The van der Waals surface area contributed by atoms with Crippen molar-refractivity contribution in [2.45, 2.75) is 45.8 Å². The summed E-state index contributed by atoms with van der Waals surface area (Å²) in [6.45, 7) is 5.72. The molecule has 140 valence electrons. The van der Waals surface area contributed by atoms with E-state index in [0.29, 0.717) is 35.4 Å². The van der Waals surface area contributed by atoms with Crippen LogP contribution in [0.2, 0.25) is 0 Å². The van der Waals surface area contributed by atoms with Gasteiger partial charge in [0.2, 0.25) is 11.7 Å². The van der Waals surface area contributed by atoms with Gasteiger partial charge in [0, 0.05) is 31.1 Å². The summed E-state index contributed by atoms with van der Waals surface area (Å²) in [6.07, 6.45) is 2.79. The Labute approximate surface area is 153 Å². The first-order valence-corrected chi connectivity index (χ1v) is 9.16. The molecule has 0 radical (unpaired) electrons. The minimum Gasteiger partial charge on any atom is -0.485 e. The topological polar surface area (TPSA) is 94.5 Å². The summed E-state index contributed by atoms with van der Waals surface area (Å²) in [5, 5.41) is 3.85. The molecule has 2 N–H and O–H groups in total. The minimum absolute atomic E-state index is 0.0488. The number of nitrogens with zero attached hydrogens (tertiary/aromatic N) is 3. The third-order valence-corrected chi connectivity index (χ3v) is 4.77. The fraction of sp³-hybridized carbons (Fsp3) is 0.526. The highest BCUT2D eigenvalue weighted by Crippen LogP contribution is 2.21. The van der Waals surface area contributed by atoms with E-state index in [4.69, 9.17) is 15.0 Å². The van der Waals surface area contributed by atoms with Gasteiger partial charge in [-0.3, -0.25) is 4.79 Å². The summed E-state index contributed by atoms with van der Waals surface area (Å²) in [4.78, 5) is 18.8. The van der Waals surface area contributed by atoms with E-state index in [0.717, 1.165) is 25.9 Å². The summed E-state index contributed by atoms with van der Waals surface area (Å²) in [5.41, 5.74) is 6.67. The number of hydrogen-bond donors (Lipinski definition) is 1. The first-order chi connectivity index (χ1) is 12.6. The van der Waals surface area contributed by atoms with Crippen molar-refractivity contribution >= 4 is 5.91 Å². The lowest BCUT2D eigenvalue weighted by atomic mass is 9.92. The smallest absolute Gasteiger partial charge is 0.253 e. The number of rotatable bonds is 6. The monoisotopic (exact) mass is 358 g/mol. The van der Waals surface area contributed by atoms with Crippen LogP contribution in [0, 0.1) is 5.92 Å². The van der Waals surface area contributed by atoms with Crippen LogP contribution in [0.1, 0.15) is 48.8 Å². The number of amides is 1. The standard InChI is InChI=1S/C19H26N4O3/c1-3-18-21-17(22-26-18)12-25-16-8-6-14(7-9-16)19(24)23-10-4-5-15(11-23)13(2)20/h6-9,13,15H,3-5,10-12,20H2,1-2H3.